The lowest BCUT2D eigenvalue weighted by Crippen LogP contribution is -2.26. The van der Waals surface area contributed by atoms with Gasteiger partial charge in [-0.25, -0.2) is 4.98 Å². The number of furan rings is 1. The summed E-state index contributed by atoms with van der Waals surface area (Å²) in [5.74, 6) is 0.673. The van der Waals surface area contributed by atoms with Crippen LogP contribution in [-0.2, 0) is 0 Å². The summed E-state index contributed by atoms with van der Waals surface area (Å²) in [6.45, 7) is 3.95. The van der Waals surface area contributed by atoms with Crippen LogP contribution in [0.15, 0.2) is 22.9 Å². The van der Waals surface area contributed by atoms with E-state index in [2.05, 4.69) is 15.6 Å². The standard InChI is InChI=1S/C14H17N3O2S/c1-9-4-7-19-12(9)13(18)17-14-16-8-11(20-14)10-2-5-15-6-3-10/h4,7-8,10,15H,2-3,5-6H2,1H3,(H,16,17,18). The molecule has 2 aromatic heterocycles. The fourth-order valence-corrected chi connectivity index (χ4v) is 3.38. The van der Waals surface area contributed by atoms with Gasteiger partial charge in [0.1, 0.15) is 0 Å². The number of aryl methyl sites for hydroxylation is 1. The van der Waals surface area contributed by atoms with Crippen LogP contribution in [-0.4, -0.2) is 24.0 Å². The lowest BCUT2D eigenvalue weighted by molar-refractivity contribution is 0.0996. The summed E-state index contributed by atoms with van der Waals surface area (Å²) < 4.78 is 5.18. The molecule has 0 unspecified atom stereocenters. The molecule has 0 aliphatic carbocycles. The number of thiazole rings is 1. The summed E-state index contributed by atoms with van der Waals surface area (Å²) in [5.41, 5.74) is 0.831. The van der Waals surface area contributed by atoms with Gasteiger partial charge in [-0.05, 0) is 44.8 Å². The summed E-state index contributed by atoms with van der Waals surface area (Å²) in [6.07, 6.45) is 5.66. The highest BCUT2D eigenvalue weighted by Crippen LogP contribution is 2.31. The summed E-state index contributed by atoms with van der Waals surface area (Å²) >= 11 is 1.56. The fraction of sp³-hybridized carbons (Fsp3) is 0.429. The Morgan fingerprint density at radius 2 is 2.30 bits per heavy atom. The van der Waals surface area contributed by atoms with Gasteiger partial charge in [-0.15, -0.1) is 11.3 Å². The molecule has 1 fully saturated rings. The molecule has 3 heterocycles. The SMILES string of the molecule is Cc1ccoc1C(=O)Nc1ncc(C2CCNCC2)s1. The van der Waals surface area contributed by atoms with Gasteiger partial charge < -0.3 is 9.73 Å². The molecular formula is C14H17N3O2S. The first-order chi connectivity index (χ1) is 9.74. The lowest BCUT2D eigenvalue weighted by Gasteiger charge is -2.20. The highest BCUT2D eigenvalue weighted by atomic mass is 32.1. The van der Waals surface area contributed by atoms with Crippen LogP contribution in [0.5, 0.6) is 0 Å². The molecule has 1 saturated heterocycles. The van der Waals surface area contributed by atoms with Crippen LogP contribution in [0.1, 0.15) is 39.8 Å². The van der Waals surface area contributed by atoms with Gasteiger partial charge in [-0.3, -0.25) is 10.1 Å². The Labute approximate surface area is 121 Å². The van der Waals surface area contributed by atoms with E-state index in [0.29, 0.717) is 16.8 Å². The number of nitrogens with one attached hydrogen (secondary N) is 2. The van der Waals surface area contributed by atoms with Gasteiger partial charge in [0.15, 0.2) is 10.9 Å². The number of carbonyl (C=O) groups is 1. The number of carbonyl (C=O) groups excluding carboxylic acids is 1. The summed E-state index contributed by atoms with van der Waals surface area (Å²) in [4.78, 5) is 17.6. The Morgan fingerprint density at radius 3 is 3.00 bits per heavy atom. The first kappa shape index (κ1) is 13.3. The van der Waals surface area contributed by atoms with Crippen molar-refractivity contribution in [3.8, 4) is 0 Å². The van der Waals surface area contributed by atoms with E-state index < -0.39 is 0 Å². The Bertz CT molecular complexity index is 599. The minimum Gasteiger partial charge on any atom is -0.459 e. The molecule has 2 N–H and O–H groups in total. The third kappa shape index (κ3) is 2.76. The van der Waals surface area contributed by atoms with Gasteiger partial charge in [-0.2, -0.15) is 0 Å². The van der Waals surface area contributed by atoms with Gasteiger partial charge in [0.25, 0.3) is 5.91 Å². The maximum Gasteiger partial charge on any atom is 0.293 e. The number of hydrogen-bond donors (Lipinski definition) is 2. The van der Waals surface area contributed by atoms with E-state index in [9.17, 15) is 4.79 Å². The summed E-state index contributed by atoms with van der Waals surface area (Å²) in [5, 5.41) is 6.79. The monoisotopic (exact) mass is 291 g/mol. The molecule has 106 valence electrons. The molecule has 1 amide bonds. The van der Waals surface area contributed by atoms with Crippen LogP contribution in [0.2, 0.25) is 0 Å². The zero-order chi connectivity index (χ0) is 13.9. The Morgan fingerprint density at radius 1 is 1.50 bits per heavy atom. The highest BCUT2D eigenvalue weighted by molar-refractivity contribution is 7.15. The molecule has 20 heavy (non-hydrogen) atoms. The summed E-state index contributed by atoms with van der Waals surface area (Å²) in [6, 6.07) is 1.78. The lowest BCUT2D eigenvalue weighted by atomic mass is 9.97. The van der Waals surface area contributed by atoms with Crippen molar-refractivity contribution < 1.29 is 9.21 Å². The van der Waals surface area contributed by atoms with Gasteiger partial charge >= 0.3 is 0 Å². The van der Waals surface area contributed by atoms with Crippen LogP contribution in [0, 0.1) is 6.92 Å². The second-order valence-electron chi connectivity index (χ2n) is 4.98. The van der Waals surface area contributed by atoms with E-state index >= 15 is 0 Å². The number of hydrogen-bond acceptors (Lipinski definition) is 5. The van der Waals surface area contributed by atoms with Gasteiger partial charge in [-0.1, -0.05) is 0 Å². The molecule has 2 aromatic rings. The number of aromatic nitrogens is 1. The van der Waals surface area contributed by atoms with E-state index in [1.54, 1.807) is 17.4 Å². The Kier molecular flexibility index (Phi) is 3.84. The number of amides is 1. The molecule has 1 aliphatic heterocycles. The van der Waals surface area contributed by atoms with E-state index in [1.807, 2.05) is 13.1 Å². The van der Waals surface area contributed by atoms with Crippen molar-refractivity contribution in [2.75, 3.05) is 18.4 Å². The van der Waals surface area contributed by atoms with Gasteiger partial charge in [0, 0.05) is 16.6 Å². The third-order valence-corrected chi connectivity index (χ3v) is 4.63. The molecule has 0 spiro atoms. The third-order valence-electron chi connectivity index (χ3n) is 3.55. The molecule has 5 nitrogen and oxygen atoms in total. The maximum atomic E-state index is 12.0. The predicted octanol–water partition coefficient (Wildman–Crippen LogP) is 2.76. The zero-order valence-electron chi connectivity index (χ0n) is 11.3. The van der Waals surface area contributed by atoms with Crippen LogP contribution >= 0.6 is 11.3 Å². The highest BCUT2D eigenvalue weighted by Gasteiger charge is 2.19. The van der Waals surface area contributed by atoms with E-state index in [1.165, 1.54) is 11.1 Å². The predicted molar refractivity (Wildman–Crippen MR) is 78.4 cm³/mol. The minimum atomic E-state index is -0.237. The molecule has 0 aromatic carbocycles. The maximum absolute atomic E-state index is 12.0. The average Bonchev–Trinajstić information content (AvgIpc) is 3.09. The zero-order valence-corrected chi connectivity index (χ0v) is 12.1. The van der Waals surface area contributed by atoms with E-state index in [-0.39, 0.29) is 5.91 Å². The van der Waals surface area contributed by atoms with Gasteiger partial charge in [0.05, 0.1) is 6.26 Å². The largest absolute Gasteiger partial charge is 0.459 e. The van der Waals surface area contributed by atoms with Crippen molar-refractivity contribution in [3.05, 3.63) is 34.7 Å². The number of nitrogens with zero attached hydrogens (tertiary/aromatic N) is 1. The number of anilines is 1. The molecule has 1 aliphatic rings. The smallest absolute Gasteiger partial charge is 0.293 e. The molecule has 0 radical (unpaired) electrons. The quantitative estimate of drug-likeness (QED) is 0.912. The minimum absolute atomic E-state index is 0.237. The first-order valence-corrected chi connectivity index (χ1v) is 7.57. The van der Waals surface area contributed by atoms with Crippen LogP contribution in [0.4, 0.5) is 5.13 Å². The topological polar surface area (TPSA) is 67.2 Å². The van der Waals surface area contributed by atoms with Crippen molar-refractivity contribution in [2.45, 2.75) is 25.7 Å². The van der Waals surface area contributed by atoms with Gasteiger partial charge in [0.2, 0.25) is 0 Å². The van der Waals surface area contributed by atoms with Crippen molar-refractivity contribution in [2.24, 2.45) is 0 Å². The molecular weight excluding hydrogens is 274 g/mol. The Hall–Kier alpha value is -1.66. The second kappa shape index (κ2) is 5.76. The Balaban J connectivity index is 1.68. The van der Waals surface area contributed by atoms with Crippen LogP contribution in [0.3, 0.4) is 0 Å². The number of piperidine rings is 1. The van der Waals surface area contributed by atoms with Crippen LogP contribution < -0.4 is 10.6 Å². The van der Waals surface area contributed by atoms with Crippen molar-refractivity contribution in [1.29, 1.82) is 0 Å². The van der Waals surface area contributed by atoms with Crippen LogP contribution in [0.25, 0.3) is 0 Å². The number of rotatable bonds is 3. The molecule has 0 saturated carbocycles. The van der Waals surface area contributed by atoms with Crippen molar-refractivity contribution >= 4 is 22.4 Å². The normalized spacial score (nSPS) is 16.2. The first-order valence-electron chi connectivity index (χ1n) is 6.76. The molecule has 6 heteroatoms. The average molecular weight is 291 g/mol. The van der Waals surface area contributed by atoms with Crippen molar-refractivity contribution in [1.82, 2.24) is 10.3 Å². The fourth-order valence-electron chi connectivity index (χ4n) is 2.40. The van der Waals surface area contributed by atoms with E-state index in [4.69, 9.17) is 4.42 Å². The molecule has 0 bridgehead atoms. The van der Waals surface area contributed by atoms with E-state index in [0.717, 1.165) is 31.5 Å². The molecule has 0 atom stereocenters. The van der Waals surface area contributed by atoms with Crippen molar-refractivity contribution in [3.63, 3.8) is 0 Å². The molecule has 3 rings (SSSR count). The summed E-state index contributed by atoms with van der Waals surface area (Å²) in [7, 11) is 0. The second-order valence-corrected chi connectivity index (χ2v) is 6.04.